The molecule has 3 N–H and O–H groups in total. The van der Waals surface area contributed by atoms with E-state index in [1.807, 2.05) is 0 Å². The zero-order chi connectivity index (χ0) is 17.5. The number of rotatable bonds is 6. The maximum Gasteiger partial charge on any atom is 0.332 e. The quantitative estimate of drug-likeness (QED) is 0.619. The monoisotopic (exact) mass is 351 g/mol. The predicted octanol–water partition coefficient (Wildman–Crippen LogP) is 3.07. The summed E-state index contributed by atoms with van der Waals surface area (Å²) in [6.45, 7) is -0.101. The van der Waals surface area contributed by atoms with Crippen LogP contribution in [0, 0.1) is 5.82 Å². The smallest absolute Gasteiger partial charge is 0.332 e. The van der Waals surface area contributed by atoms with Crippen LogP contribution >= 0.6 is 11.6 Å². The first kappa shape index (κ1) is 17.6. The molecule has 0 heterocycles. The van der Waals surface area contributed by atoms with E-state index in [0.29, 0.717) is 17.1 Å². The van der Waals surface area contributed by atoms with Crippen molar-refractivity contribution in [2.75, 3.05) is 7.11 Å². The first-order valence-corrected chi connectivity index (χ1v) is 7.22. The number of carbonyl (C=O) groups excluding carboxylic acids is 1. The van der Waals surface area contributed by atoms with Gasteiger partial charge in [0.15, 0.2) is 11.5 Å². The predicted molar refractivity (Wildman–Crippen MR) is 89.0 cm³/mol. The number of hydrazone groups is 1. The van der Waals surface area contributed by atoms with E-state index in [-0.39, 0.29) is 17.2 Å². The number of halogens is 2. The molecular formula is C16H15ClFN3O3. The molecule has 2 aromatic carbocycles. The SMILES string of the molecule is COc1cccc(/C=N/NC(N)=O)c1OCc1c(F)cccc1Cl. The first-order chi connectivity index (χ1) is 11.5. The molecule has 0 bridgehead atoms. The van der Waals surface area contributed by atoms with Crippen molar-refractivity contribution >= 4 is 23.8 Å². The van der Waals surface area contributed by atoms with Crippen LogP contribution in [0.5, 0.6) is 11.5 Å². The number of carbonyl (C=O) groups is 1. The zero-order valence-electron chi connectivity index (χ0n) is 12.8. The number of nitrogens with two attached hydrogens (primary N) is 1. The highest BCUT2D eigenvalue weighted by atomic mass is 35.5. The topological polar surface area (TPSA) is 85.9 Å². The van der Waals surface area contributed by atoms with Gasteiger partial charge in [0.05, 0.1) is 18.3 Å². The van der Waals surface area contributed by atoms with E-state index in [9.17, 15) is 9.18 Å². The molecule has 2 amide bonds. The fourth-order valence-electron chi connectivity index (χ4n) is 1.93. The number of amides is 2. The summed E-state index contributed by atoms with van der Waals surface area (Å²) in [7, 11) is 1.47. The van der Waals surface area contributed by atoms with Gasteiger partial charge in [-0.2, -0.15) is 5.10 Å². The van der Waals surface area contributed by atoms with Gasteiger partial charge < -0.3 is 15.2 Å². The Morgan fingerprint density at radius 2 is 2.12 bits per heavy atom. The van der Waals surface area contributed by atoms with E-state index in [1.54, 1.807) is 24.3 Å². The second-order valence-corrected chi connectivity index (χ2v) is 5.01. The van der Waals surface area contributed by atoms with Crippen molar-refractivity contribution in [2.24, 2.45) is 10.8 Å². The molecule has 24 heavy (non-hydrogen) atoms. The minimum Gasteiger partial charge on any atom is -0.493 e. The number of methoxy groups -OCH3 is 1. The van der Waals surface area contributed by atoms with Crippen LogP contribution in [0.25, 0.3) is 0 Å². The number of urea groups is 1. The molecule has 0 unspecified atom stereocenters. The van der Waals surface area contributed by atoms with Crippen LogP contribution in [0.4, 0.5) is 9.18 Å². The Morgan fingerprint density at radius 1 is 1.38 bits per heavy atom. The van der Waals surface area contributed by atoms with Crippen LogP contribution in [0.1, 0.15) is 11.1 Å². The Bertz CT molecular complexity index is 748. The molecule has 6 nitrogen and oxygen atoms in total. The van der Waals surface area contributed by atoms with Gasteiger partial charge in [0.1, 0.15) is 12.4 Å². The van der Waals surface area contributed by atoms with Gasteiger partial charge in [-0.05, 0) is 24.3 Å². The highest BCUT2D eigenvalue weighted by Crippen LogP contribution is 2.31. The van der Waals surface area contributed by atoms with E-state index in [2.05, 4.69) is 10.5 Å². The van der Waals surface area contributed by atoms with E-state index in [4.69, 9.17) is 26.8 Å². The summed E-state index contributed by atoms with van der Waals surface area (Å²) in [6, 6.07) is 8.67. The van der Waals surface area contributed by atoms with Gasteiger partial charge in [-0.3, -0.25) is 0 Å². The van der Waals surface area contributed by atoms with E-state index in [0.717, 1.165) is 0 Å². The van der Waals surface area contributed by atoms with Gasteiger partial charge >= 0.3 is 6.03 Å². The van der Waals surface area contributed by atoms with Crippen molar-refractivity contribution in [3.8, 4) is 11.5 Å². The van der Waals surface area contributed by atoms with Gasteiger partial charge in [0.25, 0.3) is 0 Å². The number of ether oxygens (including phenoxy) is 2. The lowest BCUT2D eigenvalue weighted by Crippen LogP contribution is -2.24. The Kier molecular flexibility index (Phi) is 5.97. The van der Waals surface area contributed by atoms with E-state index >= 15 is 0 Å². The summed E-state index contributed by atoms with van der Waals surface area (Å²) in [5.41, 5.74) is 7.76. The lowest BCUT2D eigenvalue weighted by molar-refractivity contribution is 0.249. The molecule has 126 valence electrons. The van der Waals surface area contributed by atoms with Crippen LogP contribution in [0.15, 0.2) is 41.5 Å². The number of nitrogens with zero attached hydrogens (tertiary/aromatic N) is 1. The first-order valence-electron chi connectivity index (χ1n) is 6.84. The molecule has 0 saturated carbocycles. The van der Waals surface area contributed by atoms with Crippen molar-refractivity contribution in [1.82, 2.24) is 5.43 Å². The molecule has 0 saturated heterocycles. The summed E-state index contributed by atoms with van der Waals surface area (Å²) >= 11 is 5.99. The zero-order valence-corrected chi connectivity index (χ0v) is 13.5. The van der Waals surface area contributed by atoms with Crippen LogP contribution < -0.4 is 20.6 Å². The maximum atomic E-state index is 13.8. The minimum atomic E-state index is -0.797. The fourth-order valence-corrected chi connectivity index (χ4v) is 2.15. The number of hydrogen-bond donors (Lipinski definition) is 2. The molecule has 0 aliphatic rings. The minimum absolute atomic E-state index is 0.101. The number of benzene rings is 2. The van der Waals surface area contributed by atoms with Crippen molar-refractivity contribution in [1.29, 1.82) is 0 Å². The Labute approximate surface area is 143 Å². The number of para-hydroxylation sites is 1. The molecule has 2 aromatic rings. The second kappa shape index (κ2) is 8.16. The van der Waals surface area contributed by atoms with Crippen LogP contribution in [-0.2, 0) is 6.61 Å². The molecule has 2 rings (SSSR count). The van der Waals surface area contributed by atoms with Crippen molar-refractivity contribution < 1.29 is 18.7 Å². The molecular weight excluding hydrogens is 337 g/mol. The van der Waals surface area contributed by atoms with Crippen LogP contribution in [0.2, 0.25) is 5.02 Å². The summed E-state index contributed by atoms with van der Waals surface area (Å²) in [5.74, 6) is 0.280. The van der Waals surface area contributed by atoms with Gasteiger partial charge in [0.2, 0.25) is 0 Å². The van der Waals surface area contributed by atoms with Crippen LogP contribution in [-0.4, -0.2) is 19.4 Å². The van der Waals surface area contributed by atoms with Crippen molar-refractivity contribution in [2.45, 2.75) is 6.61 Å². The third-order valence-electron chi connectivity index (χ3n) is 3.03. The average Bonchev–Trinajstić information content (AvgIpc) is 2.54. The molecule has 0 aliphatic carbocycles. The number of hydrogen-bond acceptors (Lipinski definition) is 4. The Hall–Kier alpha value is -2.80. The maximum absolute atomic E-state index is 13.8. The Morgan fingerprint density at radius 3 is 2.79 bits per heavy atom. The van der Waals surface area contributed by atoms with Gasteiger partial charge in [-0.15, -0.1) is 0 Å². The number of nitrogens with one attached hydrogen (secondary N) is 1. The van der Waals surface area contributed by atoms with Gasteiger partial charge in [-0.1, -0.05) is 23.7 Å². The molecule has 0 aromatic heterocycles. The summed E-state index contributed by atoms with van der Waals surface area (Å²) in [5, 5.41) is 3.94. The lowest BCUT2D eigenvalue weighted by atomic mass is 10.2. The molecule has 0 atom stereocenters. The summed E-state index contributed by atoms with van der Waals surface area (Å²) in [6.07, 6.45) is 1.34. The molecule has 0 aliphatic heterocycles. The van der Waals surface area contributed by atoms with Gasteiger partial charge in [-0.25, -0.2) is 14.6 Å². The van der Waals surface area contributed by atoms with Crippen molar-refractivity contribution in [3.05, 3.63) is 58.4 Å². The summed E-state index contributed by atoms with van der Waals surface area (Å²) < 4.78 is 24.8. The highest BCUT2D eigenvalue weighted by molar-refractivity contribution is 6.31. The molecule has 0 radical (unpaired) electrons. The van der Waals surface area contributed by atoms with E-state index in [1.165, 1.54) is 25.5 Å². The molecule has 8 heteroatoms. The van der Waals surface area contributed by atoms with Crippen LogP contribution in [0.3, 0.4) is 0 Å². The average molecular weight is 352 g/mol. The largest absolute Gasteiger partial charge is 0.493 e. The third-order valence-corrected chi connectivity index (χ3v) is 3.38. The molecule has 0 spiro atoms. The molecule has 0 fully saturated rings. The van der Waals surface area contributed by atoms with Crippen molar-refractivity contribution in [3.63, 3.8) is 0 Å². The highest BCUT2D eigenvalue weighted by Gasteiger charge is 2.13. The fraction of sp³-hybridized carbons (Fsp3) is 0.125. The standard InChI is InChI=1S/C16H15ClFN3O3/c1-23-14-7-2-4-10(8-20-21-16(19)22)15(14)24-9-11-12(17)5-3-6-13(11)18/h2-8H,9H2,1H3,(H3,19,21,22)/b20-8+. The summed E-state index contributed by atoms with van der Waals surface area (Å²) in [4.78, 5) is 10.7. The third kappa shape index (κ3) is 4.36. The second-order valence-electron chi connectivity index (χ2n) is 4.60. The normalized spacial score (nSPS) is 10.6. The van der Waals surface area contributed by atoms with Gasteiger partial charge in [0, 0.05) is 11.1 Å². The lowest BCUT2D eigenvalue weighted by Gasteiger charge is -2.14. The van der Waals surface area contributed by atoms with E-state index < -0.39 is 11.8 Å². The Balaban J connectivity index is 2.27. The number of primary amides is 1.